The summed E-state index contributed by atoms with van der Waals surface area (Å²) in [5, 5.41) is 0. The first-order chi connectivity index (χ1) is 13.8. The molecule has 1 saturated heterocycles. The van der Waals surface area contributed by atoms with Crippen molar-refractivity contribution in [1.29, 1.82) is 0 Å². The number of pyridine rings is 1. The fraction of sp³-hybridized carbons (Fsp3) is 0.238. The number of nitrogens with zero attached hydrogens (tertiary/aromatic N) is 5. The molecule has 4 rings (SSSR count). The summed E-state index contributed by atoms with van der Waals surface area (Å²) in [5.41, 5.74) is 2.22. The summed E-state index contributed by atoms with van der Waals surface area (Å²) in [5.74, 6) is 1.41. The Labute approximate surface area is 163 Å². The average Bonchev–Trinajstić information content (AvgIpc) is 2.79. The molecule has 0 spiro atoms. The number of carbonyl (C=O) groups excluding carboxylic acids is 1. The van der Waals surface area contributed by atoms with E-state index in [2.05, 4.69) is 19.9 Å². The van der Waals surface area contributed by atoms with Crippen LogP contribution in [0.5, 0.6) is 5.75 Å². The summed E-state index contributed by atoms with van der Waals surface area (Å²) < 4.78 is 5.46. The van der Waals surface area contributed by atoms with Gasteiger partial charge in [-0.3, -0.25) is 9.78 Å². The molecule has 1 aliphatic heterocycles. The molecular formula is C21H21N5O2. The van der Waals surface area contributed by atoms with E-state index in [1.807, 2.05) is 35.2 Å². The zero-order valence-corrected chi connectivity index (χ0v) is 15.7. The minimum absolute atomic E-state index is 0.00784. The van der Waals surface area contributed by atoms with E-state index in [0.717, 1.165) is 11.3 Å². The van der Waals surface area contributed by atoms with Crippen LogP contribution in [0.15, 0.2) is 61.1 Å². The molecule has 2 aromatic heterocycles. The van der Waals surface area contributed by atoms with Gasteiger partial charge in [-0.1, -0.05) is 6.07 Å². The lowest BCUT2D eigenvalue weighted by atomic mass is 10.0. The van der Waals surface area contributed by atoms with Crippen LogP contribution in [-0.4, -0.2) is 59.0 Å². The van der Waals surface area contributed by atoms with Gasteiger partial charge in [-0.15, -0.1) is 0 Å². The van der Waals surface area contributed by atoms with Gasteiger partial charge in [-0.2, -0.15) is 0 Å². The van der Waals surface area contributed by atoms with Crippen molar-refractivity contribution in [2.75, 3.05) is 38.2 Å². The molecule has 1 fully saturated rings. The Morgan fingerprint density at radius 1 is 0.929 bits per heavy atom. The van der Waals surface area contributed by atoms with Gasteiger partial charge in [0, 0.05) is 55.9 Å². The van der Waals surface area contributed by atoms with Crippen molar-refractivity contribution in [2.45, 2.75) is 0 Å². The first kappa shape index (κ1) is 17.9. The van der Waals surface area contributed by atoms with Crippen molar-refractivity contribution in [1.82, 2.24) is 19.9 Å². The maximum Gasteiger partial charge on any atom is 0.254 e. The number of anilines is 1. The van der Waals surface area contributed by atoms with E-state index in [1.54, 1.807) is 37.8 Å². The van der Waals surface area contributed by atoms with Crippen LogP contribution in [0.4, 0.5) is 5.95 Å². The molecule has 1 amide bonds. The van der Waals surface area contributed by atoms with Crippen LogP contribution < -0.4 is 9.64 Å². The maximum absolute atomic E-state index is 13.0. The van der Waals surface area contributed by atoms with Crippen LogP contribution in [0.25, 0.3) is 11.3 Å². The second-order valence-corrected chi connectivity index (χ2v) is 6.46. The molecule has 28 heavy (non-hydrogen) atoms. The van der Waals surface area contributed by atoms with Gasteiger partial charge in [-0.05, 0) is 36.4 Å². The Morgan fingerprint density at radius 2 is 1.68 bits per heavy atom. The smallest absolute Gasteiger partial charge is 0.254 e. The third kappa shape index (κ3) is 3.64. The molecule has 7 nitrogen and oxygen atoms in total. The van der Waals surface area contributed by atoms with E-state index in [-0.39, 0.29) is 5.91 Å². The summed E-state index contributed by atoms with van der Waals surface area (Å²) in [7, 11) is 1.62. The molecule has 0 N–H and O–H groups in total. The van der Waals surface area contributed by atoms with Crippen LogP contribution in [0, 0.1) is 0 Å². The zero-order chi connectivity index (χ0) is 19.3. The number of hydrogen-bond acceptors (Lipinski definition) is 6. The molecule has 3 heterocycles. The summed E-state index contributed by atoms with van der Waals surface area (Å²) in [6, 6.07) is 13.0. The Morgan fingerprint density at radius 3 is 2.36 bits per heavy atom. The Kier molecular flexibility index (Phi) is 5.14. The van der Waals surface area contributed by atoms with Gasteiger partial charge in [0.1, 0.15) is 5.75 Å². The van der Waals surface area contributed by atoms with E-state index in [1.165, 1.54) is 0 Å². The molecule has 1 aliphatic rings. The Balaban J connectivity index is 1.51. The molecule has 0 aliphatic carbocycles. The minimum Gasteiger partial charge on any atom is -0.496 e. The lowest BCUT2D eigenvalue weighted by Crippen LogP contribution is -2.49. The number of hydrogen-bond donors (Lipinski definition) is 0. The number of piperazine rings is 1. The summed E-state index contributed by atoms with van der Waals surface area (Å²) in [6.07, 6.45) is 5.20. The van der Waals surface area contributed by atoms with Gasteiger partial charge in [0.25, 0.3) is 5.91 Å². The van der Waals surface area contributed by atoms with Crippen LogP contribution in [-0.2, 0) is 0 Å². The maximum atomic E-state index is 13.0. The standard InChI is InChI=1S/C21H21N5O2/c1-28-19-7-6-16(15-17(19)18-5-2-3-8-22-18)20(27)25-11-13-26(14-12-25)21-23-9-4-10-24-21/h2-10,15H,11-14H2,1H3. The van der Waals surface area contributed by atoms with Crippen molar-refractivity contribution < 1.29 is 9.53 Å². The molecule has 142 valence electrons. The Hall–Kier alpha value is -3.48. The van der Waals surface area contributed by atoms with E-state index in [4.69, 9.17) is 4.74 Å². The SMILES string of the molecule is COc1ccc(C(=O)N2CCN(c3ncccn3)CC2)cc1-c1ccccn1. The molecule has 0 saturated carbocycles. The highest BCUT2D eigenvalue weighted by Gasteiger charge is 2.24. The van der Waals surface area contributed by atoms with E-state index in [9.17, 15) is 4.79 Å². The highest BCUT2D eigenvalue weighted by atomic mass is 16.5. The Bertz CT molecular complexity index is 942. The van der Waals surface area contributed by atoms with Gasteiger partial charge in [0.2, 0.25) is 5.95 Å². The topological polar surface area (TPSA) is 71.5 Å². The lowest BCUT2D eigenvalue weighted by Gasteiger charge is -2.34. The quantitative estimate of drug-likeness (QED) is 0.698. The highest BCUT2D eigenvalue weighted by Crippen LogP contribution is 2.30. The minimum atomic E-state index is 0.00784. The molecule has 0 bridgehead atoms. The summed E-state index contributed by atoms with van der Waals surface area (Å²) >= 11 is 0. The molecule has 1 aromatic carbocycles. The van der Waals surface area contributed by atoms with Crippen LogP contribution in [0.1, 0.15) is 10.4 Å². The first-order valence-electron chi connectivity index (χ1n) is 9.17. The number of aromatic nitrogens is 3. The predicted molar refractivity (Wildman–Crippen MR) is 106 cm³/mol. The number of amides is 1. The van der Waals surface area contributed by atoms with Crippen LogP contribution in [0.2, 0.25) is 0 Å². The number of ether oxygens (including phenoxy) is 1. The molecule has 7 heteroatoms. The second-order valence-electron chi connectivity index (χ2n) is 6.46. The van der Waals surface area contributed by atoms with Crippen molar-refractivity contribution in [3.8, 4) is 17.0 Å². The second kappa shape index (κ2) is 8.04. The number of rotatable bonds is 4. The van der Waals surface area contributed by atoms with Crippen LogP contribution in [0.3, 0.4) is 0 Å². The largest absolute Gasteiger partial charge is 0.496 e. The van der Waals surface area contributed by atoms with Crippen molar-refractivity contribution in [2.24, 2.45) is 0 Å². The molecule has 3 aromatic rings. The third-order valence-electron chi connectivity index (χ3n) is 4.79. The lowest BCUT2D eigenvalue weighted by molar-refractivity contribution is 0.0746. The van der Waals surface area contributed by atoms with Crippen molar-refractivity contribution >= 4 is 11.9 Å². The van der Waals surface area contributed by atoms with Gasteiger partial charge in [-0.25, -0.2) is 9.97 Å². The molecule has 0 radical (unpaired) electrons. The summed E-state index contributed by atoms with van der Waals surface area (Å²) in [6.45, 7) is 2.67. The number of methoxy groups -OCH3 is 1. The van der Waals surface area contributed by atoms with E-state index < -0.39 is 0 Å². The fourth-order valence-corrected chi connectivity index (χ4v) is 3.31. The zero-order valence-electron chi connectivity index (χ0n) is 15.7. The number of benzene rings is 1. The first-order valence-corrected chi connectivity index (χ1v) is 9.17. The fourth-order valence-electron chi connectivity index (χ4n) is 3.31. The third-order valence-corrected chi connectivity index (χ3v) is 4.79. The van der Waals surface area contributed by atoms with Gasteiger partial charge < -0.3 is 14.5 Å². The van der Waals surface area contributed by atoms with Gasteiger partial charge >= 0.3 is 0 Å². The van der Waals surface area contributed by atoms with E-state index >= 15 is 0 Å². The molecular weight excluding hydrogens is 354 g/mol. The summed E-state index contributed by atoms with van der Waals surface area (Å²) in [4.78, 5) is 30.0. The van der Waals surface area contributed by atoms with E-state index in [0.29, 0.717) is 43.4 Å². The monoisotopic (exact) mass is 375 g/mol. The highest BCUT2D eigenvalue weighted by molar-refractivity contribution is 5.96. The predicted octanol–water partition coefficient (Wildman–Crippen LogP) is 2.51. The van der Waals surface area contributed by atoms with Gasteiger partial charge in [0.15, 0.2) is 0 Å². The number of carbonyl (C=O) groups is 1. The normalized spacial score (nSPS) is 14.0. The average molecular weight is 375 g/mol. The van der Waals surface area contributed by atoms with Crippen molar-refractivity contribution in [3.05, 3.63) is 66.6 Å². The van der Waals surface area contributed by atoms with Crippen molar-refractivity contribution in [3.63, 3.8) is 0 Å². The van der Waals surface area contributed by atoms with Crippen LogP contribution >= 0.6 is 0 Å². The molecule has 0 atom stereocenters. The van der Waals surface area contributed by atoms with Gasteiger partial charge in [0.05, 0.1) is 12.8 Å². The molecule has 0 unspecified atom stereocenters.